The minimum absolute atomic E-state index is 0. The lowest BCUT2D eigenvalue weighted by atomic mass is 10.2. The largest absolute Gasteiger partial charge is 0.436 e. The molecule has 0 spiro atoms. The van der Waals surface area contributed by atoms with Crippen molar-refractivity contribution in [2.45, 2.75) is 236 Å². The molecule has 17 heteroatoms. The number of allylic oxidation sites excluding steroid dienone is 1. The molecule has 0 bridgehead atoms. The first-order chi connectivity index (χ1) is 31.5. The predicted molar refractivity (Wildman–Crippen MR) is 323 cm³/mol. The summed E-state index contributed by atoms with van der Waals surface area (Å²) in [5, 5.41) is 8.42. The topological polar surface area (TPSA) is 156 Å². The molecule has 0 radical (unpaired) electrons. The summed E-state index contributed by atoms with van der Waals surface area (Å²) in [5.41, 5.74) is 8.28. The number of hydrogen-bond acceptors (Lipinski definition) is 12. The van der Waals surface area contributed by atoms with Crippen molar-refractivity contribution >= 4 is 93.3 Å². The Morgan fingerprint density at radius 1 is 0.623 bits per heavy atom. The van der Waals surface area contributed by atoms with Crippen molar-refractivity contribution in [2.24, 2.45) is 5.73 Å². The molecule has 3 N–H and O–H groups in total. The summed E-state index contributed by atoms with van der Waals surface area (Å²) in [7, 11) is -3.10. The van der Waals surface area contributed by atoms with E-state index in [1.165, 1.54) is 74.8 Å². The molecule has 11 nitrogen and oxygen atoms in total. The number of ether oxygens (including phenoxy) is 6. The molecule has 5 heterocycles. The molecule has 0 amide bonds. The fourth-order valence-corrected chi connectivity index (χ4v) is 9.09. The maximum Gasteiger partial charge on any atom is 0.304 e. The Kier molecular flexibility index (Phi) is 87.5. The van der Waals surface area contributed by atoms with Crippen molar-refractivity contribution in [1.29, 1.82) is 5.41 Å². The number of hydrogen-bond donors (Lipinski definition) is 2. The van der Waals surface area contributed by atoms with Crippen molar-refractivity contribution in [1.82, 2.24) is 0 Å². The smallest absolute Gasteiger partial charge is 0.304 e. The van der Waals surface area contributed by atoms with Crippen LogP contribution in [-0.4, -0.2) is 97.0 Å². The average Bonchev–Trinajstić information content (AvgIpc) is 3.33. The van der Waals surface area contributed by atoms with Gasteiger partial charge in [-0.05, 0) is 111 Å². The monoisotopic (exact) mass is 1240 g/mol. The third-order valence-corrected chi connectivity index (χ3v) is 13.9. The highest BCUT2D eigenvalue weighted by Gasteiger charge is 2.27. The predicted octanol–water partition coefficient (Wildman–Crippen LogP) is 17.4. The number of halogens is 3. The van der Waals surface area contributed by atoms with Crippen molar-refractivity contribution in [3.8, 4) is 0 Å². The maximum absolute atomic E-state index is 11.6. The van der Waals surface area contributed by atoms with Gasteiger partial charge in [-0.25, -0.2) is 8.42 Å². The molecule has 5 aliphatic rings. The van der Waals surface area contributed by atoms with Gasteiger partial charge in [0.1, 0.15) is 15.9 Å². The van der Waals surface area contributed by atoms with Crippen molar-refractivity contribution in [3.05, 3.63) is 36.5 Å². The molecule has 5 fully saturated rings. The SMILES string of the molecule is Br.BrC1CCCCO1.C.C.C=C(C)CBr.C=C(C)CS(=O)(=O)C1CCCCO1.C=C(C)CSC1CCCCO1.CC.CC.CC.CC.CC.CC(=O)OC1CCCCO1.N=C(N)SC1CCCCO1. The van der Waals surface area contributed by atoms with Gasteiger partial charge in [0.05, 0.1) is 12.4 Å². The molecule has 0 aliphatic carbocycles. The fraction of sp³-hybridized carbons (Fsp3) is 0.846. The number of carbonyl (C=O) groups is 1. The lowest BCUT2D eigenvalue weighted by Gasteiger charge is -2.22. The Morgan fingerprint density at radius 2 is 1.01 bits per heavy atom. The van der Waals surface area contributed by atoms with Gasteiger partial charge in [0, 0.05) is 50.9 Å². The maximum atomic E-state index is 11.6. The van der Waals surface area contributed by atoms with E-state index in [-0.39, 0.29) is 60.5 Å². The first-order valence-electron chi connectivity index (χ1n) is 24.8. The van der Waals surface area contributed by atoms with Crippen LogP contribution in [0.3, 0.4) is 0 Å². The van der Waals surface area contributed by atoms with Crippen LogP contribution >= 0.6 is 72.4 Å². The van der Waals surface area contributed by atoms with E-state index < -0.39 is 15.3 Å². The lowest BCUT2D eigenvalue weighted by Crippen LogP contribution is -2.30. The summed E-state index contributed by atoms with van der Waals surface area (Å²) < 4.78 is 54.5. The van der Waals surface area contributed by atoms with Gasteiger partial charge in [0.2, 0.25) is 6.29 Å². The average molecular weight is 1240 g/mol. The summed E-state index contributed by atoms with van der Waals surface area (Å²) in [6, 6.07) is 0. The molecule has 5 unspecified atom stereocenters. The number of sulfone groups is 1. The van der Waals surface area contributed by atoms with Gasteiger partial charge in [0.25, 0.3) is 0 Å². The number of esters is 1. The van der Waals surface area contributed by atoms with Gasteiger partial charge in [-0.15, -0.1) is 28.7 Å². The van der Waals surface area contributed by atoms with E-state index in [9.17, 15) is 13.2 Å². The second-order valence-electron chi connectivity index (χ2n) is 14.2. The lowest BCUT2D eigenvalue weighted by molar-refractivity contribution is -0.184. The van der Waals surface area contributed by atoms with Crippen LogP contribution in [0.1, 0.15) is 208 Å². The van der Waals surface area contributed by atoms with Gasteiger partial charge in [-0.3, -0.25) is 10.2 Å². The zero-order chi connectivity index (χ0) is 52.2. The number of alkyl halides is 2. The quantitative estimate of drug-likeness (QED) is 0.0742. The van der Waals surface area contributed by atoms with Gasteiger partial charge in [-0.2, -0.15) is 0 Å². The molecular weight excluding hydrogens is 1130 g/mol. The van der Waals surface area contributed by atoms with Gasteiger partial charge in [-0.1, -0.05) is 164 Å². The molecule has 0 aromatic heterocycles. The third kappa shape index (κ3) is 68.0. The molecule has 0 aromatic carbocycles. The summed E-state index contributed by atoms with van der Waals surface area (Å²) in [6.45, 7) is 42.3. The molecule has 0 saturated carbocycles. The Morgan fingerprint density at radius 3 is 1.29 bits per heavy atom. The molecular formula is C52H111Br3N2O9S3. The minimum atomic E-state index is -3.10. The Balaban J connectivity index is -0.0000000866. The van der Waals surface area contributed by atoms with E-state index in [0.29, 0.717) is 29.1 Å². The van der Waals surface area contributed by atoms with E-state index in [1.807, 2.05) is 87.9 Å². The molecule has 5 rings (SSSR count). The number of nitrogens with two attached hydrogens (primary N) is 1. The van der Waals surface area contributed by atoms with E-state index in [4.69, 9.17) is 39.6 Å². The standard InChI is InChI=1S/C9H16O3S.C9H16OS.C7H12O3.C6H12N2OS.C5H9BrO.C4H7Br.5C2H6.2CH4.BrH/c1-8(2)7-13(10,11)9-5-3-4-6-12-9;1-8(2)7-11-9-5-3-4-6-10-9;1-6(8)10-7-4-2-3-5-9-7;7-6(8)10-5-3-1-2-4-9-5;6-5-3-1-2-4-7-5;1-4(2)3-5;5*1-2;;;/h9H,1,3-7H2,2H3;9H,1,3-7H2,2H3;7H,2-5H2,1H3;5H,1-4H2,(H3,7,8);5H,1-4H2;1,3H2,2H3;5*1-2H3;2*1H4;1H. The first-order valence-corrected chi connectivity index (χ1v) is 30.5. The third-order valence-electron chi connectivity index (χ3n) is 7.82. The molecule has 0 aromatic rings. The zero-order valence-electron chi connectivity index (χ0n) is 44.9. The molecule has 5 aliphatic heterocycles. The number of rotatable bonds is 9. The Labute approximate surface area is 464 Å². The highest BCUT2D eigenvalue weighted by molar-refractivity contribution is 9.09. The van der Waals surface area contributed by atoms with Gasteiger partial charge in [0.15, 0.2) is 20.4 Å². The van der Waals surface area contributed by atoms with Crippen LogP contribution in [0.15, 0.2) is 36.5 Å². The number of nitrogens with one attached hydrogen (secondary N) is 1. The van der Waals surface area contributed by atoms with Gasteiger partial charge >= 0.3 is 5.97 Å². The van der Waals surface area contributed by atoms with Crippen LogP contribution in [-0.2, 0) is 43.1 Å². The molecule has 5 saturated heterocycles. The van der Waals surface area contributed by atoms with Crippen LogP contribution in [0.4, 0.5) is 0 Å². The van der Waals surface area contributed by atoms with Crippen LogP contribution in [0, 0.1) is 5.41 Å². The highest BCUT2D eigenvalue weighted by atomic mass is 79.9. The summed E-state index contributed by atoms with van der Waals surface area (Å²) >= 11 is 9.78. The molecule has 5 atom stereocenters. The number of amidine groups is 1. The van der Waals surface area contributed by atoms with Gasteiger partial charge < -0.3 is 34.2 Å². The Bertz CT molecular complexity index is 1160. The van der Waals surface area contributed by atoms with Crippen molar-refractivity contribution in [3.63, 3.8) is 0 Å². The van der Waals surface area contributed by atoms with Crippen molar-refractivity contribution in [2.75, 3.05) is 49.9 Å². The van der Waals surface area contributed by atoms with Crippen molar-refractivity contribution < 1.29 is 41.6 Å². The zero-order valence-corrected chi connectivity index (χ0v) is 52.2. The van der Waals surface area contributed by atoms with E-state index in [2.05, 4.69) is 58.5 Å². The highest BCUT2D eigenvalue weighted by Crippen LogP contribution is 2.25. The van der Waals surface area contributed by atoms with E-state index in [1.54, 1.807) is 6.92 Å². The number of thioether (sulfide) groups is 2. The van der Waals surface area contributed by atoms with Crippen LogP contribution < -0.4 is 5.73 Å². The molecule has 422 valence electrons. The van der Waals surface area contributed by atoms with E-state index in [0.717, 1.165) is 82.5 Å². The second-order valence-corrected chi connectivity index (χ2v) is 20.2. The summed E-state index contributed by atoms with van der Waals surface area (Å²) in [4.78, 5) is 10.4. The van der Waals surface area contributed by atoms with Crippen LogP contribution in [0.5, 0.6) is 0 Å². The first kappa shape index (κ1) is 88.7. The van der Waals surface area contributed by atoms with Crippen LogP contribution in [0.2, 0.25) is 0 Å². The van der Waals surface area contributed by atoms with Crippen LogP contribution in [0.25, 0.3) is 0 Å². The Hall–Kier alpha value is 0.0500. The number of carbonyl (C=O) groups excluding carboxylic acids is 1. The summed E-state index contributed by atoms with van der Waals surface area (Å²) in [5.74, 6) is 0.842. The summed E-state index contributed by atoms with van der Waals surface area (Å²) in [6.07, 6.45) is 16.2. The second kappa shape index (κ2) is 68.0. The normalized spacial score (nSPS) is 20.4. The van der Waals surface area contributed by atoms with E-state index >= 15 is 0 Å². The molecule has 69 heavy (non-hydrogen) atoms. The minimum Gasteiger partial charge on any atom is -0.436 e. The fourth-order valence-electron chi connectivity index (χ4n) is 5.15.